The third kappa shape index (κ3) is 5.19. The van der Waals surface area contributed by atoms with Gasteiger partial charge in [0.1, 0.15) is 11.8 Å². The van der Waals surface area contributed by atoms with E-state index in [0.29, 0.717) is 23.6 Å². The molecular weight excluding hydrogens is 320 g/mol. The number of furan rings is 1. The predicted molar refractivity (Wildman–Crippen MR) is 92.4 cm³/mol. The molecule has 1 heterocycles. The minimum atomic E-state index is -0.541. The maximum Gasteiger partial charge on any atom is 0.241 e. The first-order valence-electron chi connectivity index (χ1n) is 7.80. The normalized spacial score (nSPS) is 11.6. The van der Waals surface area contributed by atoms with Crippen LogP contribution < -0.4 is 10.6 Å². The van der Waals surface area contributed by atoms with Crippen LogP contribution in [0.4, 0.5) is 5.69 Å². The molecule has 130 valence electrons. The first-order valence-corrected chi connectivity index (χ1v) is 7.80. The molecule has 0 saturated carbocycles. The van der Waals surface area contributed by atoms with E-state index in [1.54, 1.807) is 61.5 Å². The Hall–Kier alpha value is -3.11. The van der Waals surface area contributed by atoms with Gasteiger partial charge in [-0.05, 0) is 38.2 Å². The van der Waals surface area contributed by atoms with E-state index in [1.165, 1.54) is 0 Å². The molecule has 0 radical (unpaired) electrons. The molecule has 25 heavy (non-hydrogen) atoms. The lowest BCUT2D eigenvalue weighted by atomic mass is 10.2. The van der Waals surface area contributed by atoms with Crippen molar-refractivity contribution < 1.29 is 14.0 Å². The Balaban J connectivity index is 1.85. The van der Waals surface area contributed by atoms with Gasteiger partial charge in [-0.1, -0.05) is 12.1 Å². The van der Waals surface area contributed by atoms with Crippen LogP contribution in [0.3, 0.4) is 0 Å². The predicted octanol–water partition coefficient (Wildman–Crippen LogP) is 1.73. The van der Waals surface area contributed by atoms with Crippen molar-refractivity contribution in [2.45, 2.75) is 19.5 Å². The largest absolute Gasteiger partial charge is 0.467 e. The van der Waals surface area contributed by atoms with Crippen LogP contribution in [0.2, 0.25) is 0 Å². The fourth-order valence-electron chi connectivity index (χ4n) is 2.15. The molecule has 0 spiro atoms. The highest BCUT2D eigenvalue weighted by atomic mass is 16.3. The van der Waals surface area contributed by atoms with Crippen molar-refractivity contribution in [1.29, 1.82) is 5.26 Å². The van der Waals surface area contributed by atoms with Crippen LogP contribution in [0.25, 0.3) is 0 Å². The molecule has 7 heteroatoms. The van der Waals surface area contributed by atoms with Gasteiger partial charge in [0.05, 0.1) is 36.6 Å². The molecule has 0 fully saturated rings. The highest BCUT2D eigenvalue weighted by molar-refractivity contribution is 5.96. The van der Waals surface area contributed by atoms with E-state index in [1.807, 2.05) is 6.07 Å². The molecule has 0 aliphatic heterocycles. The van der Waals surface area contributed by atoms with Crippen molar-refractivity contribution in [3.8, 4) is 6.07 Å². The zero-order valence-electron chi connectivity index (χ0n) is 14.2. The van der Waals surface area contributed by atoms with Gasteiger partial charge in [0.2, 0.25) is 11.8 Å². The number of rotatable bonds is 7. The number of carbonyl (C=O) groups excluding carboxylic acids is 2. The summed E-state index contributed by atoms with van der Waals surface area (Å²) in [6.07, 6.45) is 1.54. The number of para-hydroxylation sites is 1. The van der Waals surface area contributed by atoms with Gasteiger partial charge in [-0.15, -0.1) is 0 Å². The SMILES string of the molecule is C[C@@H](C(=O)Nc1ccccc1C#N)N(C)CC(=O)NCc1ccco1. The van der Waals surface area contributed by atoms with E-state index >= 15 is 0 Å². The van der Waals surface area contributed by atoms with E-state index < -0.39 is 6.04 Å². The molecule has 0 aliphatic carbocycles. The Morgan fingerprint density at radius 2 is 2.04 bits per heavy atom. The van der Waals surface area contributed by atoms with E-state index in [-0.39, 0.29) is 18.4 Å². The van der Waals surface area contributed by atoms with Crippen LogP contribution in [-0.4, -0.2) is 36.3 Å². The van der Waals surface area contributed by atoms with Crippen LogP contribution in [-0.2, 0) is 16.1 Å². The lowest BCUT2D eigenvalue weighted by Crippen LogP contribution is -2.44. The lowest BCUT2D eigenvalue weighted by molar-refractivity contribution is -0.125. The van der Waals surface area contributed by atoms with Crippen molar-refractivity contribution in [2.75, 3.05) is 18.9 Å². The molecule has 7 nitrogen and oxygen atoms in total. The molecule has 1 atom stereocenters. The summed E-state index contributed by atoms with van der Waals surface area (Å²) in [5.74, 6) is 0.162. The van der Waals surface area contributed by atoms with E-state index in [4.69, 9.17) is 9.68 Å². The minimum Gasteiger partial charge on any atom is -0.467 e. The van der Waals surface area contributed by atoms with E-state index in [2.05, 4.69) is 10.6 Å². The van der Waals surface area contributed by atoms with Crippen molar-refractivity contribution in [3.63, 3.8) is 0 Å². The summed E-state index contributed by atoms with van der Waals surface area (Å²) >= 11 is 0. The first kappa shape index (κ1) is 18.2. The second kappa shape index (κ2) is 8.66. The topological polar surface area (TPSA) is 98.4 Å². The van der Waals surface area contributed by atoms with Crippen LogP contribution in [0.5, 0.6) is 0 Å². The number of benzene rings is 1. The van der Waals surface area contributed by atoms with Crippen LogP contribution in [0.15, 0.2) is 47.1 Å². The Bertz CT molecular complexity index is 765. The zero-order chi connectivity index (χ0) is 18.2. The molecule has 2 rings (SSSR count). The van der Waals surface area contributed by atoms with Gasteiger partial charge in [-0.2, -0.15) is 5.26 Å². The lowest BCUT2D eigenvalue weighted by Gasteiger charge is -2.23. The van der Waals surface area contributed by atoms with Gasteiger partial charge in [0.15, 0.2) is 0 Å². The van der Waals surface area contributed by atoms with Crippen LogP contribution in [0, 0.1) is 11.3 Å². The van der Waals surface area contributed by atoms with Crippen LogP contribution in [0.1, 0.15) is 18.2 Å². The number of likely N-dealkylation sites (N-methyl/N-ethyl adjacent to an activating group) is 1. The summed E-state index contributed by atoms with van der Waals surface area (Å²) in [4.78, 5) is 25.9. The highest BCUT2D eigenvalue weighted by Crippen LogP contribution is 2.14. The highest BCUT2D eigenvalue weighted by Gasteiger charge is 2.21. The Morgan fingerprint density at radius 3 is 2.72 bits per heavy atom. The van der Waals surface area contributed by atoms with E-state index in [9.17, 15) is 9.59 Å². The number of hydrogen-bond donors (Lipinski definition) is 2. The summed E-state index contributed by atoms with van der Waals surface area (Å²) in [7, 11) is 1.69. The smallest absolute Gasteiger partial charge is 0.241 e. The van der Waals surface area contributed by atoms with Gasteiger partial charge >= 0.3 is 0 Å². The summed E-state index contributed by atoms with van der Waals surface area (Å²) in [5, 5.41) is 14.5. The first-order chi connectivity index (χ1) is 12.0. The van der Waals surface area contributed by atoms with Gasteiger partial charge in [0, 0.05) is 0 Å². The van der Waals surface area contributed by atoms with Gasteiger partial charge in [-0.25, -0.2) is 0 Å². The molecular formula is C18H20N4O3. The summed E-state index contributed by atoms with van der Waals surface area (Å²) < 4.78 is 5.14. The second-order valence-electron chi connectivity index (χ2n) is 5.59. The van der Waals surface area contributed by atoms with Crippen LogP contribution >= 0.6 is 0 Å². The van der Waals surface area contributed by atoms with Crippen molar-refractivity contribution in [1.82, 2.24) is 10.2 Å². The average Bonchev–Trinajstić information content (AvgIpc) is 3.13. The zero-order valence-corrected chi connectivity index (χ0v) is 14.2. The van der Waals surface area contributed by atoms with E-state index in [0.717, 1.165) is 0 Å². The van der Waals surface area contributed by atoms with Crippen molar-refractivity contribution in [2.24, 2.45) is 0 Å². The quantitative estimate of drug-likeness (QED) is 0.800. The standard InChI is InChI=1S/C18H20N4O3/c1-13(18(24)21-16-8-4-3-6-14(16)10-19)22(2)12-17(23)20-11-15-7-5-9-25-15/h3-9,13H,11-12H2,1-2H3,(H,20,23)(H,21,24)/t13-/m0/s1. The number of anilines is 1. The minimum absolute atomic E-state index is 0.0647. The average molecular weight is 340 g/mol. The molecule has 1 aromatic heterocycles. The molecule has 2 N–H and O–H groups in total. The molecule has 0 saturated heterocycles. The number of nitrogens with zero attached hydrogens (tertiary/aromatic N) is 2. The third-order valence-electron chi connectivity index (χ3n) is 3.78. The fraction of sp³-hybridized carbons (Fsp3) is 0.278. The molecule has 1 aromatic carbocycles. The second-order valence-corrected chi connectivity index (χ2v) is 5.59. The third-order valence-corrected chi connectivity index (χ3v) is 3.78. The monoisotopic (exact) mass is 340 g/mol. The fourth-order valence-corrected chi connectivity index (χ4v) is 2.15. The number of nitriles is 1. The maximum absolute atomic E-state index is 12.3. The summed E-state index contributed by atoms with van der Waals surface area (Å²) in [6, 6.07) is 11.8. The Kier molecular flexibility index (Phi) is 6.32. The summed E-state index contributed by atoms with van der Waals surface area (Å²) in [5.41, 5.74) is 0.847. The van der Waals surface area contributed by atoms with Gasteiger partial charge in [0.25, 0.3) is 0 Å². The molecule has 0 bridgehead atoms. The maximum atomic E-state index is 12.3. The van der Waals surface area contributed by atoms with Gasteiger partial charge < -0.3 is 15.1 Å². The number of nitrogens with one attached hydrogen (secondary N) is 2. The number of amides is 2. The molecule has 2 amide bonds. The Labute approximate surface area is 146 Å². The summed E-state index contributed by atoms with van der Waals surface area (Å²) in [6.45, 7) is 2.06. The number of carbonyl (C=O) groups is 2. The molecule has 0 unspecified atom stereocenters. The van der Waals surface area contributed by atoms with Gasteiger partial charge in [-0.3, -0.25) is 14.5 Å². The number of hydrogen-bond acceptors (Lipinski definition) is 5. The van der Waals surface area contributed by atoms with Crippen molar-refractivity contribution in [3.05, 3.63) is 54.0 Å². The Morgan fingerprint density at radius 1 is 1.28 bits per heavy atom. The van der Waals surface area contributed by atoms with Crippen molar-refractivity contribution >= 4 is 17.5 Å². The molecule has 0 aliphatic rings. The molecule has 2 aromatic rings.